The van der Waals surface area contributed by atoms with E-state index in [9.17, 15) is 4.79 Å². The van der Waals surface area contributed by atoms with Crippen molar-refractivity contribution in [2.45, 2.75) is 19.8 Å². The van der Waals surface area contributed by atoms with Gasteiger partial charge in [-0.05, 0) is 35.7 Å². The molecule has 25 heavy (non-hydrogen) atoms. The van der Waals surface area contributed by atoms with E-state index in [4.69, 9.17) is 4.74 Å². The Morgan fingerprint density at radius 3 is 2.68 bits per heavy atom. The minimum absolute atomic E-state index is 0.0558. The maximum atomic E-state index is 12.1. The summed E-state index contributed by atoms with van der Waals surface area (Å²) in [6.45, 7) is 4.18. The van der Waals surface area contributed by atoms with E-state index in [0.717, 1.165) is 5.69 Å². The molecule has 0 saturated carbocycles. The summed E-state index contributed by atoms with van der Waals surface area (Å²) in [6.07, 6.45) is 1.80. The van der Waals surface area contributed by atoms with Gasteiger partial charge in [0, 0.05) is 12.3 Å². The zero-order chi connectivity index (χ0) is 17.6. The Kier molecular flexibility index (Phi) is 5.14. The van der Waals surface area contributed by atoms with Gasteiger partial charge in [-0.2, -0.15) is 5.10 Å². The second-order valence-corrected chi connectivity index (χ2v) is 6.05. The first-order chi connectivity index (χ1) is 12.1. The third-order valence-electron chi connectivity index (χ3n) is 3.77. The van der Waals surface area contributed by atoms with Crippen LogP contribution in [0.15, 0.2) is 66.9 Å². The Morgan fingerprint density at radius 2 is 1.92 bits per heavy atom. The minimum atomic E-state index is -0.242. The van der Waals surface area contributed by atoms with Gasteiger partial charge >= 0.3 is 0 Å². The summed E-state index contributed by atoms with van der Waals surface area (Å²) in [5, 5.41) is 7.09. The number of nitrogens with one attached hydrogen (secondary N) is 1. The fourth-order valence-corrected chi connectivity index (χ4v) is 2.41. The van der Waals surface area contributed by atoms with Crippen molar-refractivity contribution in [3.8, 4) is 11.4 Å². The number of ether oxygens (including phenoxy) is 1. The molecule has 2 aromatic carbocycles. The summed E-state index contributed by atoms with van der Waals surface area (Å²) in [7, 11) is 0. The van der Waals surface area contributed by atoms with Crippen LogP contribution in [0.3, 0.4) is 0 Å². The number of hydrogen-bond donors (Lipinski definition) is 1. The number of nitrogens with zero attached hydrogens (tertiary/aromatic N) is 2. The summed E-state index contributed by atoms with van der Waals surface area (Å²) >= 11 is 0. The molecule has 0 aliphatic carbocycles. The second kappa shape index (κ2) is 7.66. The van der Waals surface area contributed by atoms with E-state index < -0.39 is 0 Å². The van der Waals surface area contributed by atoms with Crippen LogP contribution in [0.1, 0.15) is 25.3 Å². The number of aromatic nitrogens is 2. The van der Waals surface area contributed by atoms with Crippen LogP contribution in [-0.4, -0.2) is 22.3 Å². The molecule has 1 heterocycles. The number of carbonyl (C=O) groups excluding carboxylic acids is 1. The van der Waals surface area contributed by atoms with Gasteiger partial charge in [0.25, 0.3) is 5.91 Å². The Hall–Kier alpha value is -3.08. The lowest BCUT2D eigenvalue weighted by molar-refractivity contribution is -0.118. The van der Waals surface area contributed by atoms with Crippen LogP contribution in [0.25, 0.3) is 5.69 Å². The van der Waals surface area contributed by atoms with Crippen molar-refractivity contribution in [3.63, 3.8) is 0 Å². The quantitative estimate of drug-likeness (QED) is 0.740. The third-order valence-corrected chi connectivity index (χ3v) is 3.77. The van der Waals surface area contributed by atoms with E-state index in [0.29, 0.717) is 17.5 Å². The van der Waals surface area contributed by atoms with Gasteiger partial charge in [-0.15, -0.1) is 0 Å². The SMILES string of the molecule is CC(C)c1cccc(OCC(=O)Nc2ccn(-c3ccccc3)n2)c1. The molecule has 0 saturated heterocycles. The van der Waals surface area contributed by atoms with E-state index in [1.165, 1.54) is 5.56 Å². The normalized spacial score (nSPS) is 10.7. The van der Waals surface area contributed by atoms with Crippen LogP contribution in [0, 0.1) is 0 Å². The van der Waals surface area contributed by atoms with E-state index in [2.05, 4.69) is 24.3 Å². The minimum Gasteiger partial charge on any atom is -0.484 e. The first-order valence-electron chi connectivity index (χ1n) is 8.25. The van der Waals surface area contributed by atoms with Crippen molar-refractivity contribution in [1.82, 2.24) is 9.78 Å². The molecule has 0 aliphatic heterocycles. The fraction of sp³-hybridized carbons (Fsp3) is 0.200. The van der Waals surface area contributed by atoms with Gasteiger partial charge in [-0.3, -0.25) is 4.79 Å². The molecular weight excluding hydrogens is 314 g/mol. The zero-order valence-corrected chi connectivity index (χ0v) is 14.3. The van der Waals surface area contributed by atoms with E-state index >= 15 is 0 Å². The van der Waals surface area contributed by atoms with Crippen LogP contribution in [0.4, 0.5) is 5.82 Å². The molecule has 1 aromatic heterocycles. The number of benzene rings is 2. The van der Waals surface area contributed by atoms with Gasteiger partial charge in [-0.25, -0.2) is 4.68 Å². The van der Waals surface area contributed by atoms with Gasteiger partial charge < -0.3 is 10.1 Å². The van der Waals surface area contributed by atoms with Crippen LogP contribution >= 0.6 is 0 Å². The summed E-state index contributed by atoms with van der Waals surface area (Å²) in [4.78, 5) is 12.1. The highest BCUT2D eigenvalue weighted by Gasteiger charge is 2.08. The van der Waals surface area contributed by atoms with Gasteiger partial charge in [0.1, 0.15) is 5.75 Å². The van der Waals surface area contributed by atoms with Crippen molar-refractivity contribution in [2.75, 3.05) is 11.9 Å². The number of amides is 1. The predicted octanol–water partition coefficient (Wildman–Crippen LogP) is 4.01. The smallest absolute Gasteiger partial charge is 0.263 e. The first kappa shape index (κ1) is 16.8. The highest BCUT2D eigenvalue weighted by Crippen LogP contribution is 2.20. The molecule has 128 valence electrons. The molecule has 5 nitrogen and oxygen atoms in total. The van der Waals surface area contributed by atoms with E-state index in [1.54, 1.807) is 16.9 Å². The van der Waals surface area contributed by atoms with Gasteiger partial charge in [0.2, 0.25) is 0 Å². The van der Waals surface area contributed by atoms with Crippen LogP contribution in [0.2, 0.25) is 0 Å². The molecule has 1 N–H and O–H groups in total. The van der Waals surface area contributed by atoms with Crippen molar-refractivity contribution in [3.05, 3.63) is 72.4 Å². The number of para-hydroxylation sites is 1. The van der Waals surface area contributed by atoms with Crippen LogP contribution < -0.4 is 10.1 Å². The second-order valence-electron chi connectivity index (χ2n) is 6.05. The van der Waals surface area contributed by atoms with E-state index in [1.807, 2.05) is 54.6 Å². The first-order valence-corrected chi connectivity index (χ1v) is 8.25. The molecule has 3 rings (SSSR count). The number of carbonyl (C=O) groups is 1. The highest BCUT2D eigenvalue weighted by molar-refractivity contribution is 5.90. The lowest BCUT2D eigenvalue weighted by atomic mass is 10.0. The summed E-state index contributed by atoms with van der Waals surface area (Å²) in [5.41, 5.74) is 2.12. The molecule has 0 aliphatic rings. The summed E-state index contributed by atoms with van der Waals surface area (Å²) < 4.78 is 7.29. The topological polar surface area (TPSA) is 56.1 Å². The molecule has 1 amide bonds. The Bertz CT molecular complexity index is 841. The van der Waals surface area contributed by atoms with Crippen LogP contribution in [0.5, 0.6) is 5.75 Å². The molecule has 0 radical (unpaired) electrons. The lowest BCUT2D eigenvalue weighted by Crippen LogP contribution is -2.20. The fourth-order valence-electron chi connectivity index (χ4n) is 2.41. The van der Waals surface area contributed by atoms with Gasteiger partial charge in [0.05, 0.1) is 5.69 Å². The number of hydrogen-bond acceptors (Lipinski definition) is 3. The van der Waals surface area contributed by atoms with Gasteiger partial charge in [-0.1, -0.05) is 44.2 Å². The molecule has 0 spiro atoms. The average Bonchev–Trinajstić information content (AvgIpc) is 3.09. The Morgan fingerprint density at radius 1 is 1.12 bits per heavy atom. The predicted molar refractivity (Wildman–Crippen MR) is 98.2 cm³/mol. The van der Waals surface area contributed by atoms with Gasteiger partial charge in [0.15, 0.2) is 12.4 Å². The summed E-state index contributed by atoms with van der Waals surface area (Å²) in [5.74, 6) is 1.36. The Balaban J connectivity index is 1.56. The Labute approximate surface area is 147 Å². The van der Waals surface area contributed by atoms with Crippen LogP contribution in [-0.2, 0) is 4.79 Å². The lowest BCUT2D eigenvalue weighted by Gasteiger charge is -2.09. The molecule has 5 heteroatoms. The molecular formula is C20H21N3O2. The van der Waals surface area contributed by atoms with Crippen molar-refractivity contribution in [2.24, 2.45) is 0 Å². The maximum Gasteiger partial charge on any atom is 0.263 e. The molecule has 3 aromatic rings. The number of anilines is 1. The summed E-state index contributed by atoms with van der Waals surface area (Å²) in [6, 6.07) is 19.3. The standard InChI is InChI=1S/C20H21N3O2/c1-15(2)16-7-6-10-18(13-16)25-14-20(24)21-19-11-12-23(22-19)17-8-4-3-5-9-17/h3-13,15H,14H2,1-2H3,(H,21,22,24). The maximum absolute atomic E-state index is 12.1. The average molecular weight is 335 g/mol. The van der Waals surface area contributed by atoms with Crippen molar-refractivity contribution in [1.29, 1.82) is 0 Å². The third kappa shape index (κ3) is 4.47. The molecule has 0 atom stereocenters. The molecule has 0 fully saturated rings. The number of rotatable bonds is 6. The monoisotopic (exact) mass is 335 g/mol. The molecule has 0 bridgehead atoms. The van der Waals surface area contributed by atoms with Crippen molar-refractivity contribution < 1.29 is 9.53 Å². The highest BCUT2D eigenvalue weighted by atomic mass is 16.5. The largest absolute Gasteiger partial charge is 0.484 e. The zero-order valence-electron chi connectivity index (χ0n) is 14.3. The molecule has 0 unspecified atom stereocenters. The van der Waals surface area contributed by atoms with Crippen molar-refractivity contribution >= 4 is 11.7 Å². The van der Waals surface area contributed by atoms with E-state index in [-0.39, 0.29) is 12.5 Å².